The molecule has 0 aromatic carbocycles. The van der Waals surface area contributed by atoms with Gasteiger partial charge in [0.15, 0.2) is 0 Å². The predicted octanol–water partition coefficient (Wildman–Crippen LogP) is 2.45. The van der Waals surface area contributed by atoms with Crippen LogP contribution in [0.5, 0.6) is 0 Å². The molecule has 17 heavy (non-hydrogen) atoms. The Hall–Kier alpha value is -1.29. The van der Waals surface area contributed by atoms with E-state index < -0.39 is 0 Å². The molecule has 5 heteroatoms. The van der Waals surface area contributed by atoms with Gasteiger partial charge >= 0.3 is 0 Å². The third-order valence-corrected chi connectivity index (χ3v) is 3.26. The van der Waals surface area contributed by atoms with E-state index in [1.54, 1.807) is 13.1 Å². The molecule has 1 aromatic heterocycles. The van der Waals surface area contributed by atoms with Gasteiger partial charge in [0.2, 0.25) is 0 Å². The molecule has 1 aromatic rings. The Labute approximate surface area is 106 Å². The number of halogens is 1. The summed E-state index contributed by atoms with van der Waals surface area (Å²) < 4.78 is 0. The van der Waals surface area contributed by atoms with Crippen molar-refractivity contribution in [3.8, 4) is 0 Å². The van der Waals surface area contributed by atoms with E-state index in [0.29, 0.717) is 16.8 Å². The summed E-state index contributed by atoms with van der Waals surface area (Å²) in [6.45, 7) is 0. The van der Waals surface area contributed by atoms with Gasteiger partial charge in [0.1, 0.15) is 5.15 Å². The number of anilines is 1. The molecule has 92 valence electrons. The van der Waals surface area contributed by atoms with Gasteiger partial charge in [-0.05, 0) is 18.9 Å². The van der Waals surface area contributed by atoms with E-state index in [9.17, 15) is 4.79 Å². The van der Waals surface area contributed by atoms with Gasteiger partial charge in [0.05, 0.1) is 11.3 Å². The summed E-state index contributed by atoms with van der Waals surface area (Å²) >= 11 is 5.87. The van der Waals surface area contributed by atoms with Gasteiger partial charge in [-0.15, -0.1) is 0 Å². The summed E-state index contributed by atoms with van der Waals surface area (Å²) in [4.78, 5) is 15.6. The van der Waals surface area contributed by atoms with E-state index in [1.165, 1.54) is 19.0 Å². The molecule has 2 rings (SSSR count). The highest BCUT2D eigenvalue weighted by Crippen LogP contribution is 2.25. The van der Waals surface area contributed by atoms with Crippen molar-refractivity contribution in [2.24, 2.45) is 0 Å². The van der Waals surface area contributed by atoms with Crippen molar-refractivity contribution in [2.45, 2.75) is 31.7 Å². The Bertz CT molecular complexity index is 416. The van der Waals surface area contributed by atoms with Gasteiger partial charge in [-0.2, -0.15) is 0 Å². The second kappa shape index (κ2) is 5.36. The van der Waals surface area contributed by atoms with E-state index in [4.69, 9.17) is 11.6 Å². The topological polar surface area (TPSA) is 54.0 Å². The van der Waals surface area contributed by atoms with E-state index in [1.807, 2.05) is 0 Å². The van der Waals surface area contributed by atoms with Gasteiger partial charge in [0, 0.05) is 19.3 Å². The number of hydrogen-bond acceptors (Lipinski definition) is 3. The highest BCUT2D eigenvalue weighted by atomic mass is 35.5. The number of rotatable bonds is 3. The number of pyridine rings is 1. The standard InChI is InChI=1S/C12H16ClN3O/c1-14-12(17)9-7-15-11(13)6-10(9)16-8-4-2-3-5-8/h6-8H,2-5H2,1H3,(H,14,17)(H,15,16). The lowest BCUT2D eigenvalue weighted by molar-refractivity contribution is 0.0963. The van der Waals surface area contributed by atoms with Crippen molar-refractivity contribution in [2.75, 3.05) is 12.4 Å². The summed E-state index contributed by atoms with van der Waals surface area (Å²) in [6.07, 6.45) is 6.29. The quantitative estimate of drug-likeness (QED) is 0.814. The molecule has 1 aliphatic rings. The van der Waals surface area contributed by atoms with E-state index in [2.05, 4.69) is 15.6 Å². The fourth-order valence-corrected chi connectivity index (χ4v) is 2.31. The summed E-state index contributed by atoms with van der Waals surface area (Å²) in [7, 11) is 1.61. The van der Waals surface area contributed by atoms with Crippen molar-refractivity contribution in [1.29, 1.82) is 0 Å². The number of hydrogen-bond donors (Lipinski definition) is 2. The Morgan fingerprint density at radius 2 is 2.18 bits per heavy atom. The SMILES string of the molecule is CNC(=O)c1cnc(Cl)cc1NC1CCCC1. The Morgan fingerprint density at radius 1 is 1.47 bits per heavy atom. The molecular weight excluding hydrogens is 238 g/mol. The van der Waals surface area contributed by atoms with Crippen LogP contribution in [0.4, 0.5) is 5.69 Å². The van der Waals surface area contributed by atoms with Crippen LogP contribution >= 0.6 is 11.6 Å². The third kappa shape index (κ3) is 2.88. The lowest BCUT2D eigenvalue weighted by Gasteiger charge is -2.16. The molecule has 0 saturated heterocycles. The van der Waals surface area contributed by atoms with Crippen LogP contribution in [-0.4, -0.2) is 24.0 Å². The lowest BCUT2D eigenvalue weighted by Crippen LogP contribution is -2.22. The molecule has 0 bridgehead atoms. The highest BCUT2D eigenvalue weighted by Gasteiger charge is 2.18. The summed E-state index contributed by atoms with van der Waals surface area (Å²) in [6, 6.07) is 2.15. The smallest absolute Gasteiger partial charge is 0.254 e. The molecular formula is C12H16ClN3O. The van der Waals surface area contributed by atoms with Crippen LogP contribution in [0.1, 0.15) is 36.0 Å². The van der Waals surface area contributed by atoms with Crippen molar-refractivity contribution in [1.82, 2.24) is 10.3 Å². The molecule has 0 radical (unpaired) electrons. The zero-order valence-corrected chi connectivity index (χ0v) is 10.5. The first-order valence-corrected chi connectivity index (χ1v) is 6.22. The number of carbonyl (C=O) groups is 1. The molecule has 0 unspecified atom stereocenters. The minimum Gasteiger partial charge on any atom is -0.382 e. The van der Waals surface area contributed by atoms with Crippen LogP contribution in [0.25, 0.3) is 0 Å². The summed E-state index contributed by atoms with van der Waals surface area (Å²) in [5, 5.41) is 6.39. The molecule has 1 amide bonds. The van der Waals surface area contributed by atoms with Crippen LogP contribution in [0.3, 0.4) is 0 Å². The van der Waals surface area contributed by atoms with Gasteiger partial charge in [-0.3, -0.25) is 4.79 Å². The second-order valence-electron chi connectivity index (χ2n) is 4.26. The number of aromatic nitrogens is 1. The molecule has 0 aliphatic heterocycles. The molecule has 1 heterocycles. The lowest BCUT2D eigenvalue weighted by atomic mass is 10.2. The van der Waals surface area contributed by atoms with Gasteiger partial charge in [-0.25, -0.2) is 4.98 Å². The van der Waals surface area contributed by atoms with Crippen molar-refractivity contribution >= 4 is 23.2 Å². The van der Waals surface area contributed by atoms with Crippen LogP contribution in [0, 0.1) is 0 Å². The predicted molar refractivity (Wildman–Crippen MR) is 68.5 cm³/mol. The van der Waals surface area contributed by atoms with Gasteiger partial charge < -0.3 is 10.6 Å². The fraction of sp³-hybridized carbons (Fsp3) is 0.500. The Balaban J connectivity index is 2.22. The fourth-order valence-electron chi connectivity index (χ4n) is 2.15. The highest BCUT2D eigenvalue weighted by molar-refractivity contribution is 6.29. The van der Waals surface area contributed by atoms with Gasteiger partial charge in [-0.1, -0.05) is 24.4 Å². The maximum atomic E-state index is 11.7. The summed E-state index contributed by atoms with van der Waals surface area (Å²) in [5.41, 5.74) is 1.32. The van der Waals surface area contributed by atoms with Crippen LogP contribution in [0.15, 0.2) is 12.3 Å². The average molecular weight is 254 g/mol. The maximum absolute atomic E-state index is 11.7. The van der Waals surface area contributed by atoms with Crippen molar-refractivity contribution in [3.05, 3.63) is 23.0 Å². The molecule has 0 atom stereocenters. The van der Waals surface area contributed by atoms with Crippen molar-refractivity contribution in [3.63, 3.8) is 0 Å². The van der Waals surface area contributed by atoms with Gasteiger partial charge in [0.25, 0.3) is 5.91 Å². The molecule has 2 N–H and O–H groups in total. The van der Waals surface area contributed by atoms with Crippen molar-refractivity contribution < 1.29 is 4.79 Å². The first kappa shape index (κ1) is 12.2. The normalized spacial score (nSPS) is 15.9. The zero-order valence-electron chi connectivity index (χ0n) is 9.79. The van der Waals surface area contributed by atoms with E-state index in [0.717, 1.165) is 18.5 Å². The molecule has 4 nitrogen and oxygen atoms in total. The number of nitrogens with zero attached hydrogens (tertiary/aromatic N) is 1. The number of nitrogens with one attached hydrogen (secondary N) is 2. The second-order valence-corrected chi connectivity index (χ2v) is 4.64. The van der Waals surface area contributed by atoms with E-state index in [-0.39, 0.29) is 5.91 Å². The molecule has 1 fully saturated rings. The number of carbonyl (C=O) groups excluding carboxylic acids is 1. The average Bonchev–Trinajstić information content (AvgIpc) is 2.81. The first-order chi connectivity index (χ1) is 8.20. The largest absolute Gasteiger partial charge is 0.382 e. The van der Waals surface area contributed by atoms with Crippen LogP contribution < -0.4 is 10.6 Å². The Morgan fingerprint density at radius 3 is 2.82 bits per heavy atom. The maximum Gasteiger partial charge on any atom is 0.254 e. The summed E-state index contributed by atoms with van der Waals surface area (Å²) in [5.74, 6) is -0.144. The first-order valence-electron chi connectivity index (χ1n) is 5.85. The van der Waals surface area contributed by atoms with Crippen LogP contribution in [-0.2, 0) is 0 Å². The Kier molecular flexibility index (Phi) is 3.84. The van der Waals surface area contributed by atoms with E-state index >= 15 is 0 Å². The number of amides is 1. The molecule has 1 aliphatic carbocycles. The molecule has 1 saturated carbocycles. The van der Waals surface area contributed by atoms with Crippen LogP contribution in [0.2, 0.25) is 5.15 Å². The zero-order chi connectivity index (χ0) is 12.3. The third-order valence-electron chi connectivity index (χ3n) is 3.06. The monoisotopic (exact) mass is 253 g/mol. The minimum atomic E-state index is -0.144. The minimum absolute atomic E-state index is 0.144. The molecule has 0 spiro atoms.